The summed E-state index contributed by atoms with van der Waals surface area (Å²) in [5, 5.41) is 0.365. The van der Waals surface area contributed by atoms with Gasteiger partial charge in [-0.15, -0.1) is 0 Å². The SMILES string of the molecule is Cc1ccc(S(=O)(=O)Nc2ccccc2-c2nc(=O)c3ccccc3o2)cc1. The van der Waals surface area contributed by atoms with Crippen LogP contribution >= 0.6 is 0 Å². The standard InChI is InChI=1S/C21H16N2O4S/c1-14-10-12-15(13-11-14)28(25,26)23-18-8-4-2-6-16(18)21-22-20(24)17-7-3-5-9-19(17)27-21/h2-13,23H,1H3. The van der Waals surface area contributed by atoms with Crippen LogP contribution in [0.25, 0.3) is 22.4 Å². The number of fused-ring (bicyclic) bond motifs is 1. The molecule has 4 aromatic rings. The molecule has 0 aliphatic heterocycles. The Balaban J connectivity index is 1.80. The Morgan fingerprint density at radius 2 is 1.57 bits per heavy atom. The zero-order valence-electron chi connectivity index (χ0n) is 14.9. The Labute approximate surface area is 161 Å². The fourth-order valence-corrected chi connectivity index (χ4v) is 3.89. The largest absolute Gasteiger partial charge is 0.437 e. The quantitative estimate of drug-likeness (QED) is 0.568. The van der Waals surface area contributed by atoms with Gasteiger partial charge in [-0.05, 0) is 43.3 Å². The van der Waals surface area contributed by atoms with Crippen LogP contribution in [-0.4, -0.2) is 13.4 Å². The first-order valence-electron chi connectivity index (χ1n) is 8.53. The summed E-state index contributed by atoms with van der Waals surface area (Å²) in [6, 6.07) is 19.9. The fraction of sp³-hybridized carbons (Fsp3) is 0.0476. The zero-order chi connectivity index (χ0) is 19.7. The lowest BCUT2D eigenvalue weighted by molar-refractivity contribution is 0.595. The fourth-order valence-electron chi connectivity index (χ4n) is 2.81. The van der Waals surface area contributed by atoms with Crippen molar-refractivity contribution >= 4 is 26.7 Å². The van der Waals surface area contributed by atoms with E-state index in [0.717, 1.165) is 5.56 Å². The number of para-hydroxylation sites is 2. The highest BCUT2D eigenvalue weighted by molar-refractivity contribution is 7.92. The van der Waals surface area contributed by atoms with Crippen LogP contribution in [0.3, 0.4) is 0 Å². The van der Waals surface area contributed by atoms with Gasteiger partial charge in [-0.3, -0.25) is 9.52 Å². The molecular weight excluding hydrogens is 376 g/mol. The van der Waals surface area contributed by atoms with E-state index < -0.39 is 15.6 Å². The van der Waals surface area contributed by atoms with Gasteiger partial charge in [-0.1, -0.05) is 42.0 Å². The Morgan fingerprint density at radius 3 is 2.36 bits per heavy atom. The van der Waals surface area contributed by atoms with Crippen LogP contribution in [0.15, 0.2) is 86.9 Å². The first kappa shape index (κ1) is 17.9. The Bertz CT molecular complexity index is 1330. The van der Waals surface area contributed by atoms with Crippen molar-refractivity contribution in [1.82, 2.24) is 4.98 Å². The lowest BCUT2D eigenvalue weighted by atomic mass is 10.2. The number of hydrogen-bond acceptors (Lipinski definition) is 5. The van der Waals surface area contributed by atoms with Crippen LogP contribution in [0.4, 0.5) is 5.69 Å². The zero-order valence-corrected chi connectivity index (χ0v) is 15.7. The number of hydrogen-bond donors (Lipinski definition) is 1. The molecule has 6 nitrogen and oxygen atoms in total. The highest BCUT2D eigenvalue weighted by Gasteiger charge is 2.18. The van der Waals surface area contributed by atoms with Gasteiger partial charge < -0.3 is 4.42 Å². The van der Waals surface area contributed by atoms with E-state index in [4.69, 9.17) is 4.42 Å². The lowest BCUT2D eigenvalue weighted by Gasteiger charge is -2.12. The van der Waals surface area contributed by atoms with Gasteiger partial charge in [0.2, 0.25) is 5.89 Å². The second-order valence-electron chi connectivity index (χ2n) is 6.28. The number of aryl methyl sites for hydroxylation is 1. The molecule has 0 aliphatic carbocycles. The predicted octanol–water partition coefficient (Wildman–Crippen LogP) is 3.96. The summed E-state index contributed by atoms with van der Waals surface area (Å²) in [6.45, 7) is 1.88. The van der Waals surface area contributed by atoms with E-state index >= 15 is 0 Å². The average Bonchev–Trinajstić information content (AvgIpc) is 2.68. The normalized spacial score (nSPS) is 11.5. The van der Waals surface area contributed by atoms with Gasteiger partial charge in [0, 0.05) is 0 Å². The van der Waals surface area contributed by atoms with Crippen LogP contribution in [0.2, 0.25) is 0 Å². The summed E-state index contributed by atoms with van der Waals surface area (Å²) in [7, 11) is -3.81. The van der Waals surface area contributed by atoms with Crippen molar-refractivity contribution in [1.29, 1.82) is 0 Å². The number of nitrogens with zero attached hydrogens (tertiary/aromatic N) is 1. The molecule has 7 heteroatoms. The smallest absolute Gasteiger partial charge is 0.284 e. The maximum absolute atomic E-state index is 12.8. The molecule has 0 fully saturated rings. The van der Waals surface area contributed by atoms with E-state index in [1.807, 2.05) is 6.92 Å². The molecule has 0 amide bonds. The molecule has 0 saturated heterocycles. The molecule has 0 aliphatic rings. The molecule has 0 bridgehead atoms. The Morgan fingerprint density at radius 1 is 0.893 bits per heavy atom. The molecule has 1 heterocycles. The molecule has 0 unspecified atom stereocenters. The van der Waals surface area contributed by atoms with E-state index in [-0.39, 0.29) is 16.5 Å². The summed E-state index contributed by atoms with van der Waals surface area (Å²) >= 11 is 0. The minimum atomic E-state index is -3.81. The summed E-state index contributed by atoms with van der Waals surface area (Å²) in [5.74, 6) is 0.0471. The third-order valence-corrected chi connectivity index (χ3v) is 5.64. The van der Waals surface area contributed by atoms with E-state index in [1.165, 1.54) is 12.1 Å². The predicted molar refractivity (Wildman–Crippen MR) is 108 cm³/mol. The highest BCUT2D eigenvalue weighted by Crippen LogP contribution is 2.29. The molecule has 3 aromatic carbocycles. The maximum atomic E-state index is 12.8. The molecular formula is C21H16N2O4S. The van der Waals surface area contributed by atoms with Gasteiger partial charge in [-0.2, -0.15) is 4.98 Å². The average molecular weight is 392 g/mol. The molecule has 140 valence electrons. The second-order valence-corrected chi connectivity index (χ2v) is 7.97. The van der Waals surface area contributed by atoms with Gasteiger partial charge in [0.15, 0.2) is 0 Å². The number of aromatic nitrogens is 1. The van der Waals surface area contributed by atoms with Crippen molar-refractivity contribution in [2.75, 3.05) is 4.72 Å². The van der Waals surface area contributed by atoms with E-state index in [0.29, 0.717) is 16.5 Å². The van der Waals surface area contributed by atoms with Crippen molar-refractivity contribution in [2.24, 2.45) is 0 Å². The summed E-state index contributed by atoms with van der Waals surface area (Å²) in [6.07, 6.45) is 0. The Hall–Kier alpha value is -3.45. The third-order valence-electron chi connectivity index (χ3n) is 4.26. The van der Waals surface area contributed by atoms with Crippen LogP contribution in [-0.2, 0) is 10.0 Å². The molecule has 0 spiro atoms. The van der Waals surface area contributed by atoms with E-state index in [2.05, 4.69) is 9.71 Å². The Kier molecular flexibility index (Phi) is 4.44. The second kappa shape index (κ2) is 6.94. The maximum Gasteiger partial charge on any atom is 0.284 e. The number of benzene rings is 3. The van der Waals surface area contributed by atoms with Gasteiger partial charge in [-0.25, -0.2) is 8.42 Å². The molecule has 0 radical (unpaired) electrons. The van der Waals surface area contributed by atoms with E-state index in [9.17, 15) is 13.2 Å². The molecule has 1 aromatic heterocycles. The number of sulfonamides is 1. The van der Waals surface area contributed by atoms with Crippen molar-refractivity contribution in [3.63, 3.8) is 0 Å². The van der Waals surface area contributed by atoms with E-state index in [1.54, 1.807) is 60.7 Å². The van der Waals surface area contributed by atoms with Crippen LogP contribution in [0, 0.1) is 6.92 Å². The summed E-state index contributed by atoms with van der Waals surface area (Å²) in [5.41, 5.74) is 1.55. The highest BCUT2D eigenvalue weighted by atomic mass is 32.2. The summed E-state index contributed by atoms with van der Waals surface area (Å²) < 4.78 is 33.8. The summed E-state index contributed by atoms with van der Waals surface area (Å²) in [4.78, 5) is 16.4. The first-order valence-corrected chi connectivity index (χ1v) is 10.0. The number of rotatable bonds is 4. The van der Waals surface area contributed by atoms with Gasteiger partial charge in [0.05, 0.1) is 21.5 Å². The third kappa shape index (κ3) is 3.39. The molecule has 1 N–H and O–H groups in total. The van der Waals surface area contributed by atoms with Gasteiger partial charge in [0.1, 0.15) is 5.58 Å². The molecule has 0 atom stereocenters. The minimum Gasteiger partial charge on any atom is -0.437 e. The van der Waals surface area contributed by atoms with Crippen molar-refractivity contribution in [3.8, 4) is 11.5 Å². The van der Waals surface area contributed by atoms with Crippen molar-refractivity contribution in [2.45, 2.75) is 11.8 Å². The minimum absolute atomic E-state index is 0.0471. The monoisotopic (exact) mass is 392 g/mol. The van der Waals surface area contributed by atoms with Crippen LogP contribution in [0.5, 0.6) is 0 Å². The van der Waals surface area contributed by atoms with Crippen molar-refractivity contribution < 1.29 is 12.8 Å². The lowest BCUT2D eigenvalue weighted by Crippen LogP contribution is -2.14. The van der Waals surface area contributed by atoms with Gasteiger partial charge in [0.25, 0.3) is 15.6 Å². The van der Waals surface area contributed by atoms with Crippen molar-refractivity contribution in [3.05, 3.63) is 88.7 Å². The van der Waals surface area contributed by atoms with Gasteiger partial charge >= 0.3 is 0 Å². The van der Waals surface area contributed by atoms with Crippen LogP contribution < -0.4 is 10.3 Å². The topological polar surface area (TPSA) is 89.3 Å². The molecule has 4 rings (SSSR count). The van der Waals surface area contributed by atoms with Crippen LogP contribution in [0.1, 0.15) is 5.56 Å². The number of nitrogens with one attached hydrogen (secondary N) is 1. The number of anilines is 1. The molecule has 0 saturated carbocycles. The first-order chi connectivity index (χ1) is 13.4. The molecule has 28 heavy (non-hydrogen) atoms.